The molecule has 41 heavy (non-hydrogen) atoms. The van der Waals surface area contributed by atoms with Crippen LogP contribution >= 0.6 is 23.2 Å². The van der Waals surface area contributed by atoms with Gasteiger partial charge in [-0.05, 0) is 49.5 Å². The summed E-state index contributed by atoms with van der Waals surface area (Å²) in [5, 5.41) is 13.3. The molecule has 0 spiro atoms. The lowest BCUT2D eigenvalue weighted by atomic mass is 10.2. The number of nitrogens with zero attached hydrogens (tertiary/aromatic N) is 8. The monoisotopic (exact) mass is 590 g/mol. The van der Waals surface area contributed by atoms with E-state index in [0.717, 1.165) is 31.9 Å². The lowest BCUT2D eigenvalue weighted by Gasteiger charge is -2.34. The Balaban J connectivity index is 1.40. The van der Waals surface area contributed by atoms with E-state index in [2.05, 4.69) is 49.5 Å². The summed E-state index contributed by atoms with van der Waals surface area (Å²) in [6.07, 6.45) is 3.28. The average Bonchev–Trinajstić information content (AvgIpc) is 3.43. The first kappa shape index (κ1) is 27.2. The highest BCUT2D eigenvalue weighted by Gasteiger charge is 2.21. The van der Waals surface area contributed by atoms with Gasteiger partial charge in [0.25, 0.3) is 5.56 Å². The van der Waals surface area contributed by atoms with Crippen molar-refractivity contribution in [1.29, 1.82) is 0 Å². The largest absolute Gasteiger partial charge is 0.369 e. The van der Waals surface area contributed by atoms with Gasteiger partial charge in [0, 0.05) is 56.5 Å². The number of nitrogens with one attached hydrogen (secondary N) is 1. The van der Waals surface area contributed by atoms with Gasteiger partial charge >= 0.3 is 0 Å². The number of anilines is 3. The molecule has 3 aromatic heterocycles. The van der Waals surface area contributed by atoms with E-state index in [1.165, 1.54) is 16.6 Å². The molecule has 1 fully saturated rings. The van der Waals surface area contributed by atoms with Gasteiger partial charge in [-0.3, -0.25) is 9.48 Å². The van der Waals surface area contributed by atoms with Crippen LogP contribution in [0.15, 0.2) is 65.7 Å². The molecule has 1 saturated heterocycles. The van der Waals surface area contributed by atoms with Crippen LogP contribution in [0.4, 0.5) is 17.3 Å². The highest BCUT2D eigenvalue weighted by Crippen LogP contribution is 2.30. The van der Waals surface area contributed by atoms with Gasteiger partial charge in [-0.1, -0.05) is 29.3 Å². The molecule has 0 unspecified atom stereocenters. The summed E-state index contributed by atoms with van der Waals surface area (Å²) in [5.74, 6) is 0.321. The summed E-state index contributed by atoms with van der Waals surface area (Å²) < 4.78 is 2.89. The second kappa shape index (κ2) is 11.5. The Hall–Kier alpha value is -4.03. The first-order valence-electron chi connectivity index (χ1n) is 13.2. The van der Waals surface area contributed by atoms with Crippen molar-refractivity contribution >= 4 is 51.4 Å². The summed E-state index contributed by atoms with van der Waals surface area (Å²) in [5.41, 5.74) is 8.76. The van der Waals surface area contributed by atoms with E-state index in [9.17, 15) is 4.79 Å². The molecule has 13 heteroatoms. The van der Waals surface area contributed by atoms with E-state index in [1.807, 2.05) is 12.1 Å². The highest BCUT2D eigenvalue weighted by molar-refractivity contribution is 6.37. The van der Waals surface area contributed by atoms with Crippen molar-refractivity contribution in [3.63, 3.8) is 0 Å². The van der Waals surface area contributed by atoms with E-state index < -0.39 is 5.56 Å². The molecule has 210 valence electrons. The molecule has 0 bridgehead atoms. The number of fused-ring (bicyclic) bond motifs is 1. The molecule has 0 radical (unpaired) electrons. The molecule has 4 heterocycles. The van der Waals surface area contributed by atoms with Crippen LogP contribution in [0.5, 0.6) is 0 Å². The van der Waals surface area contributed by atoms with Crippen molar-refractivity contribution in [1.82, 2.24) is 34.4 Å². The Morgan fingerprint density at radius 3 is 2.41 bits per heavy atom. The third-order valence-electron chi connectivity index (χ3n) is 7.02. The van der Waals surface area contributed by atoms with Crippen LogP contribution in [0.3, 0.4) is 0 Å². The Labute approximate surface area is 246 Å². The van der Waals surface area contributed by atoms with Crippen molar-refractivity contribution < 1.29 is 0 Å². The quantitative estimate of drug-likeness (QED) is 0.291. The van der Waals surface area contributed by atoms with Gasteiger partial charge in [0.05, 0.1) is 22.0 Å². The number of rotatable bonds is 7. The molecule has 0 atom stereocenters. The lowest BCUT2D eigenvalue weighted by molar-refractivity contribution is 0.313. The third-order valence-corrected chi connectivity index (χ3v) is 7.63. The molecule has 6 rings (SSSR count). The van der Waals surface area contributed by atoms with Crippen LogP contribution in [-0.4, -0.2) is 74.2 Å². The zero-order valence-electron chi connectivity index (χ0n) is 22.3. The minimum atomic E-state index is -0.455. The van der Waals surface area contributed by atoms with Crippen LogP contribution in [0.2, 0.25) is 10.0 Å². The number of nitrogens with two attached hydrogens (primary N) is 1. The Bertz CT molecular complexity index is 1740. The highest BCUT2D eigenvalue weighted by atomic mass is 35.5. The van der Waals surface area contributed by atoms with Crippen molar-refractivity contribution in [2.24, 2.45) is 5.73 Å². The number of hydrogen-bond acceptors (Lipinski definition) is 9. The number of para-hydroxylation sites is 1. The molecule has 0 saturated carbocycles. The topological polar surface area (TPSA) is 123 Å². The first-order valence-corrected chi connectivity index (χ1v) is 14.0. The van der Waals surface area contributed by atoms with Crippen LogP contribution in [0, 0.1) is 0 Å². The maximum absolute atomic E-state index is 13.6. The fourth-order valence-electron chi connectivity index (χ4n) is 4.80. The molecule has 11 nitrogen and oxygen atoms in total. The molecular formula is C28H28Cl2N10O. The summed E-state index contributed by atoms with van der Waals surface area (Å²) >= 11 is 12.9. The maximum Gasteiger partial charge on any atom is 0.282 e. The number of hydrogen-bond donors (Lipinski definition) is 2. The number of aromatic nitrogens is 6. The van der Waals surface area contributed by atoms with Crippen molar-refractivity contribution in [3.8, 4) is 17.1 Å². The predicted octanol–water partition coefficient (Wildman–Crippen LogP) is 3.80. The normalized spacial score (nSPS) is 14.1. The Morgan fingerprint density at radius 1 is 0.976 bits per heavy atom. The van der Waals surface area contributed by atoms with Crippen molar-refractivity contribution in [2.45, 2.75) is 6.54 Å². The van der Waals surface area contributed by atoms with Crippen LogP contribution in [0.25, 0.3) is 28.0 Å². The summed E-state index contributed by atoms with van der Waals surface area (Å²) in [7, 11) is 2.14. The summed E-state index contributed by atoms with van der Waals surface area (Å²) in [4.78, 5) is 27.5. The van der Waals surface area contributed by atoms with Gasteiger partial charge in [0.2, 0.25) is 5.95 Å². The molecule has 0 amide bonds. The third kappa shape index (κ3) is 5.49. The molecule has 5 aromatic rings. The van der Waals surface area contributed by atoms with Gasteiger partial charge in [-0.25, -0.2) is 9.97 Å². The van der Waals surface area contributed by atoms with E-state index >= 15 is 0 Å². The fourth-order valence-corrected chi connectivity index (χ4v) is 5.35. The standard InChI is InChI=1S/C28H28Cl2N10O/c1-37-13-15-38(16-14-37)19-7-5-18(6-8-19)33-28-32-17-20-24(34-28)25(23-9-11-39(35-23)12-10-31)36-40(27(20)41)26-21(29)3-2-4-22(26)30/h2-9,11,17H,10,12-16,31H2,1H3,(H,32,33,34). The SMILES string of the molecule is CN1CCN(c2ccc(Nc3ncc4c(=O)n(-c5c(Cl)cccc5Cl)nc(-c5ccn(CCN)n5)c4n3)cc2)CC1. The zero-order chi connectivity index (χ0) is 28.5. The maximum atomic E-state index is 13.6. The molecule has 2 aromatic carbocycles. The second-order valence-electron chi connectivity index (χ2n) is 9.81. The molecule has 0 aliphatic carbocycles. The summed E-state index contributed by atoms with van der Waals surface area (Å²) in [6, 6.07) is 14.9. The fraction of sp³-hybridized carbons (Fsp3) is 0.250. The minimum Gasteiger partial charge on any atom is -0.369 e. The molecule has 3 N–H and O–H groups in total. The van der Waals surface area contributed by atoms with Gasteiger partial charge in [-0.2, -0.15) is 14.9 Å². The van der Waals surface area contributed by atoms with Gasteiger partial charge in [0.1, 0.15) is 22.6 Å². The van der Waals surface area contributed by atoms with Crippen LogP contribution < -0.4 is 21.5 Å². The minimum absolute atomic E-state index is 0.246. The molecule has 1 aliphatic heterocycles. The van der Waals surface area contributed by atoms with Crippen molar-refractivity contribution in [3.05, 3.63) is 81.3 Å². The zero-order valence-corrected chi connectivity index (χ0v) is 23.8. The lowest BCUT2D eigenvalue weighted by Crippen LogP contribution is -2.44. The summed E-state index contributed by atoms with van der Waals surface area (Å²) in [6.45, 7) is 5.01. The Kier molecular flexibility index (Phi) is 7.59. The smallest absolute Gasteiger partial charge is 0.282 e. The molecule has 1 aliphatic rings. The number of benzene rings is 2. The van der Waals surface area contributed by atoms with Gasteiger partial charge in [-0.15, -0.1) is 0 Å². The number of likely N-dealkylation sites (N-methyl/N-ethyl adjacent to an activating group) is 1. The predicted molar refractivity (Wildman–Crippen MR) is 163 cm³/mol. The first-order chi connectivity index (χ1) is 19.9. The van der Waals surface area contributed by atoms with E-state index in [4.69, 9.17) is 33.9 Å². The van der Waals surface area contributed by atoms with Gasteiger partial charge < -0.3 is 20.9 Å². The molecular weight excluding hydrogens is 563 g/mol. The van der Waals surface area contributed by atoms with E-state index in [0.29, 0.717) is 35.9 Å². The number of piperazine rings is 1. The van der Waals surface area contributed by atoms with Crippen molar-refractivity contribution in [2.75, 3.05) is 50.0 Å². The van der Waals surface area contributed by atoms with Crippen LogP contribution in [-0.2, 0) is 6.54 Å². The average molecular weight is 592 g/mol. The van der Waals surface area contributed by atoms with Gasteiger partial charge in [0.15, 0.2) is 0 Å². The van der Waals surface area contributed by atoms with E-state index in [1.54, 1.807) is 35.1 Å². The Morgan fingerprint density at radius 2 is 1.71 bits per heavy atom. The second-order valence-corrected chi connectivity index (χ2v) is 10.6. The van der Waals surface area contributed by atoms with Crippen LogP contribution in [0.1, 0.15) is 0 Å². The van der Waals surface area contributed by atoms with E-state index in [-0.39, 0.29) is 21.1 Å². The number of halogens is 2.